The summed E-state index contributed by atoms with van der Waals surface area (Å²) >= 11 is 0. The van der Waals surface area contributed by atoms with Gasteiger partial charge in [0.1, 0.15) is 12.4 Å². The molecule has 2 aliphatic heterocycles. The Morgan fingerprint density at radius 2 is 1.92 bits per heavy atom. The molecular weight excluding hydrogens is 339 g/mol. The van der Waals surface area contributed by atoms with E-state index in [0.29, 0.717) is 50.8 Å². The number of anilines is 1. The van der Waals surface area contributed by atoms with Crippen molar-refractivity contribution < 1.29 is 23.5 Å². The Balaban J connectivity index is 1.36. The monoisotopic (exact) mass is 364 g/mol. The summed E-state index contributed by atoms with van der Waals surface area (Å²) in [6.07, 6.45) is 2.23. The second-order valence-corrected chi connectivity index (χ2v) is 6.90. The topological polar surface area (TPSA) is 67.9 Å². The van der Waals surface area contributed by atoms with Gasteiger partial charge in [0.25, 0.3) is 0 Å². The molecule has 0 aromatic heterocycles. The van der Waals surface area contributed by atoms with Gasteiger partial charge in [-0.15, -0.1) is 0 Å². The number of likely N-dealkylation sites (tertiary alicyclic amines) is 1. The molecule has 0 radical (unpaired) electrons. The van der Waals surface area contributed by atoms with E-state index in [0.717, 1.165) is 13.0 Å². The second kappa shape index (κ2) is 9.09. The van der Waals surface area contributed by atoms with Crippen LogP contribution in [0.25, 0.3) is 0 Å². The average molecular weight is 364 g/mol. The number of nitrogens with one attached hydrogen (secondary N) is 1. The molecule has 1 atom stereocenters. The van der Waals surface area contributed by atoms with Gasteiger partial charge in [0.05, 0.1) is 13.2 Å². The van der Waals surface area contributed by atoms with Crippen molar-refractivity contribution in [1.82, 2.24) is 4.90 Å². The fraction of sp³-hybridized carbons (Fsp3) is 0.579. The first-order chi connectivity index (χ1) is 12.6. The molecule has 142 valence electrons. The van der Waals surface area contributed by atoms with Crippen molar-refractivity contribution in [2.45, 2.75) is 19.3 Å². The highest BCUT2D eigenvalue weighted by Crippen LogP contribution is 2.20. The molecular formula is C19H25FN2O4. The molecule has 0 saturated carbocycles. The first kappa shape index (κ1) is 18.8. The summed E-state index contributed by atoms with van der Waals surface area (Å²) in [7, 11) is 0. The molecule has 0 spiro atoms. The van der Waals surface area contributed by atoms with E-state index in [4.69, 9.17) is 9.47 Å². The molecule has 2 fully saturated rings. The average Bonchev–Trinajstić information content (AvgIpc) is 3.17. The Morgan fingerprint density at radius 1 is 1.19 bits per heavy atom. The molecule has 1 aromatic carbocycles. The zero-order valence-corrected chi connectivity index (χ0v) is 14.8. The predicted octanol–water partition coefficient (Wildman–Crippen LogP) is 2.06. The minimum atomic E-state index is -0.336. The highest BCUT2D eigenvalue weighted by atomic mass is 19.1. The Kier molecular flexibility index (Phi) is 6.57. The van der Waals surface area contributed by atoms with Crippen LogP contribution >= 0.6 is 0 Å². The minimum Gasteiger partial charge on any atom is -0.381 e. The van der Waals surface area contributed by atoms with Gasteiger partial charge >= 0.3 is 0 Å². The van der Waals surface area contributed by atoms with E-state index in [1.54, 1.807) is 17.0 Å². The summed E-state index contributed by atoms with van der Waals surface area (Å²) in [5.74, 6) is -0.190. The number of carbonyl (C=O) groups is 2. The first-order valence-electron chi connectivity index (χ1n) is 9.11. The van der Waals surface area contributed by atoms with Crippen molar-refractivity contribution in [2.75, 3.05) is 44.8 Å². The maximum absolute atomic E-state index is 12.9. The Hall–Kier alpha value is -1.99. The number of ether oxygens (including phenoxy) is 2. The smallest absolute Gasteiger partial charge is 0.248 e. The van der Waals surface area contributed by atoms with Gasteiger partial charge in [-0.2, -0.15) is 0 Å². The Bertz CT molecular complexity index is 608. The van der Waals surface area contributed by atoms with E-state index >= 15 is 0 Å². The van der Waals surface area contributed by atoms with Crippen molar-refractivity contribution in [3.8, 4) is 0 Å². The lowest BCUT2D eigenvalue weighted by Crippen LogP contribution is -2.43. The predicted molar refractivity (Wildman–Crippen MR) is 94.1 cm³/mol. The maximum atomic E-state index is 12.9. The summed E-state index contributed by atoms with van der Waals surface area (Å²) in [6, 6.07) is 5.71. The summed E-state index contributed by atoms with van der Waals surface area (Å²) in [6.45, 7) is 3.23. The molecule has 26 heavy (non-hydrogen) atoms. The lowest BCUT2D eigenvalue weighted by molar-refractivity contribution is -0.139. The van der Waals surface area contributed by atoms with Crippen LogP contribution in [0.5, 0.6) is 0 Å². The van der Waals surface area contributed by atoms with E-state index in [1.165, 1.54) is 12.1 Å². The van der Waals surface area contributed by atoms with Gasteiger partial charge < -0.3 is 19.7 Å². The van der Waals surface area contributed by atoms with Crippen LogP contribution in [0.4, 0.5) is 10.1 Å². The number of piperidine rings is 1. The van der Waals surface area contributed by atoms with E-state index in [-0.39, 0.29) is 30.2 Å². The summed E-state index contributed by atoms with van der Waals surface area (Å²) in [4.78, 5) is 26.3. The molecule has 0 bridgehead atoms. The molecule has 6 nitrogen and oxygen atoms in total. The quantitative estimate of drug-likeness (QED) is 0.839. The van der Waals surface area contributed by atoms with Gasteiger partial charge in [0.15, 0.2) is 0 Å². The molecule has 2 amide bonds. The number of rotatable bonds is 6. The van der Waals surface area contributed by atoms with Crippen LogP contribution in [0.1, 0.15) is 19.3 Å². The van der Waals surface area contributed by atoms with Crippen LogP contribution in [0, 0.1) is 17.7 Å². The Morgan fingerprint density at radius 3 is 2.58 bits per heavy atom. The van der Waals surface area contributed by atoms with Crippen molar-refractivity contribution in [2.24, 2.45) is 11.8 Å². The molecule has 1 aromatic rings. The molecule has 3 rings (SSSR count). The summed E-state index contributed by atoms with van der Waals surface area (Å²) in [5, 5.41) is 2.80. The molecule has 2 heterocycles. The van der Waals surface area contributed by atoms with Crippen LogP contribution in [0.15, 0.2) is 24.3 Å². The lowest BCUT2D eigenvalue weighted by atomic mass is 9.95. The number of carbonyl (C=O) groups excluding carboxylic acids is 2. The maximum Gasteiger partial charge on any atom is 0.248 e. The van der Waals surface area contributed by atoms with Crippen molar-refractivity contribution in [3.63, 3.8) is 0 Å². The third-order valence-corrected chi connectivity index (χ3v) is 4.93. The van der Waals surface area contributed by atoms with Crippen LogP contribution in [-0.2, 0) is 19.1 Å². The summed E-state index contributed by atoms with van der Waals surface area (Å²) in [5.41, 5.74) is 0.583. The highest BCUT2D eigenvalue weighted by Gasteiger charge is 2.27. The van der Waals surface area contributed by atoms with E-state index in [2.05, 4.69) is 5.32 Å². The largest absolute Gasteiger partial charge is 0.381 e. The molecule has 0 aliphatic carbocycles. The zero-order valence-electron chi connectivity index (χ0n) is 14.8. The third-order valence-electron chi connectivity index (χ3n) is 4.93. The van der Waals surface area contributed by atoms with Crippen molar-refractivity contribution in [1.29, 1.82) is 0 Å². The lowest BCUT2D eigenvalue weighted by Gasteiger charge is -2.31. The van der Waals surface area contributed by atoms with Crippen LogP contribution in [-0.4, -0.2) is 56.2 Å². The van der Waals surface area contributed by atoms with E-state index in [9.17, 15) is 14.0 Å². The van der Waals surface area contributed by atoms with Gasteiger partial charge in [0.2, 0.25) is 11.8 Å². The Labute approximate surface area is 152 Å². The van der Waals surface area contributed by atoms with E-state index < -0.39 is 0 Å². The van der Waals surface area contributed by atoms with Gasteiger partial charge in [-0.05, 0) is 43.5 Å². The number of halogens is 1. The van der Waals surface area contributed by atoms with Crippen LogP contribution in [0.3, 0.4) is 0 Å². The van der Waals surface area contributed by atoms with Gasteiger partial charge in [-0.25, -0.2) is 4.39 Å². The fourth-order valence-electron chi connectivity index (χ4n) is 3.29. The molecule has 1 unspecified atom stereocenters. The molecule has 2 aliphatic rings. The highest BCUT2D eigenvalue weighted by molar-refractivity contribution is 5.92. The fourth-order valence-corrected chi connectivity index (χ4v) is 3.29. The van der Waals surface area contributed by atoms with Gasteiger partial charge in [-0.3, -0.25) is 9.59 Å². The van der Waals surface area contributed by atoms with Crippen molar-refractivity contribution >= 4 is 17.5 Å². The number of hydrogen-bond donors (Lipinski definition) is 1. The zero-order chi connectivity index (χ0) is 18.4. The molecule has 1 N–H and O–H groups in total. The van der Waals surface area contributed by atoms with Crippen LogP contribution < -0.4 is 5.32 Å². The van der Waals surface area contributed by atoms with Crippen LogP contribution in [0.2, 0.25) is 0 Å². The standard InChI is InChI=1S/C19H25FN2O4/c20-16-1-3-17(4-2-16)21-19(24)15-5-8-22(9-6-15)18(23)13-26-12-14-7-10-25-11-14/h1-4,14-15H,5-13H2,(H,21,24). The van der Waals surface area contributed by atoms with Gasteiger partial charge in [0, 0.05) is 37.2 Å². The normalized spacial score (nSPS) is 21.0. The number of hydrogen-bond acceptors (Lipinski definition) is 4. The molecule has 2 saturated heterocycles. The number of benzene rings is 1. The SMILES string of the molecule is O=C(Nc1ccc(F)cc1)C1CCN(C(=O)COCC2CCOC2)CC1. The summed E-state index contributed by atoms with van der Waals surface area (Å²) < 4.78 is 23.7. The van der Waals surface area contributed by atoms with Crippen molar-refractivity contribution in [3.05, 3.63) is 30.1 Å². The number of amides is 2. The van der Waals surface area contributed by atoms with E-state index in [1.807, 2.05) is 0 Å². The van der Waals surface area contributed by atoms with Gasteiger partial charge in [-0.1, -0.05) is 0 Å². The molecule has 7 heteroatoms. The third kappa shape index (κ3) is 5.25. The second-order valence-electron chi connectivity index (χ2n) is 6.90. The number of nitrogens with zero attached hydrogens (tertiary/aromatic N) is 1. The minimum absolute atomic E-state index is 0.0266. The first-order valence-corrected chi connectivity index (χ1v) is 9.11.